The largest absolute Gasteiger partial charge is 0.360 e. The highest BCUT2D eigenvalue weighted by Gasteiger charge is 2.26. The fourth-order valence-electron chi connectivity index (χ4n) is 0.832. The fraction of sp³-hybridized carbons (Fsp3) is 0.500. The van der Waals surface area contributed by atoms with E-state index in [0.717, 1.165) is 0 Å². The molecular weight excluding hydrogens is 116 g/mol. The van der Waals surface area contributed by atoms with Gasteiger partial charge in [-0.15, -0.1) is 0 Å². The Balaban J connectivity index is 2.77. The Bertz CT molecular complexity index is 164. The normalized spacial score (nSPS) is 26.9. The van der Waals surface area contributed by atoms with Gasteiger partial charge in [-0.3, -0.25) is 4.79 Å². The Morgan fingerprint density at radius 1 is 1.78 bits per heavy atom. The molecule has 1 fully saturated rings. The molecule has 1 aliphatic heterocycles. The molecule has 1 amide bonds. The molecule has 0 aromatic heterocycles. The Kier molecular flexibility index (Phi) is 1.20. The van der Waals surface area contributed by atoms with Gasteiger partial charge in [0.15, 0.2) is 0 Å². The van der Waals surface area contributed by atoms with Crippen LogP contribution >= 0.6 is 0 Å². The van der Waals surface area contributed by atoms with E-state index in [4.69, 9.17) is 0 Å². The molecule has 0 aliphatic carbocycles. The maximum atomic E-state index is 10.9. The Morgan fingerprint density at radius 2 is 2.33 bits per heavy atom. The Hall–Kier alpha value is -0.990. The van der Waals surface area contributed by atoms with Gasteiger partial charge in [-0.2, -0.15) is 0 Å². The molecule has 0 spiro atoms. The zero-order chi connectivity index (χ0) is 7.02. The van der Waals surface area contributed by atoms with Gasteiger partial charge < -0.3 is 10.2 Å². The first-order chi connectivity index (χ1) is 4.13. The van der Waals surface area contributed by atoms with Gasteiger partial charge in [0.1, 0.15) is 11.9 Å². The van der Waals surface area contributed by atoms with Crippen LogP contribution in [0.3, 0.4) is 0 Å². The van der Waals surface area contributed by atoms with E-state index in [1.54, 1.807) is 7.05 Å². The van der Waals surface area contributed by atoms with E-state index in [2.05, 4.69) is 11.9 Å². The number of carbonyl (C=O) groups excluding carboxylic acids is 1. The molecule has 0 aromatic carbocycles. The van der Waals surface area contributed by atoms with Crippen LogP contribution in [0.15, 0.2) is 12.4 Å². The molecule has 1 heterocycles. The molecule has 1 saturated heterocycles. The summed E-state index contributed by atoms with van der Waals surface area (Å²) in [7, 11) is 1.71. The third kappa shape index (κ3) is 0.781. The molecule has 1 rings (SSSR count). The Morgan fingerprint density at radius 3 is 2.44 bits per heavy atom. The predicted octanol–water partition coefficient (Wildman–Crippen LogP) is -0.0923. The van der Waals surface area contributed by atoms with Crippen LogP contribution in [0.25, 0.3) is 0 Å². The zero-order valence-electron chi connectivity index (χ0n) is 5.64. The number of amides is 1. The lowest BCUT2D eigenvalue weighted by atomic mass is 10.3. The van der Waals surface area contributed by atoms with Crippen molar-refractivity contribution in [2.75, 3.05) is 7.05 Å². The van der Waals surface area contributed by atoms with E-state index in [9.17, 15) is 4.79 Å². The van der Waals surface area contributed by atoms with E-state index < -0.39 is 0 Å². The van der Waals surface area contributed by atoms with Gasteiger partial charge in [-0.1, -0.05) is 6.58 Å². The molecule has 0 bridgehead atoms. The molecule has 1 unspecified atom stereocenters. The number of nitrogens with zero attached hydrogens (tertiary/aromatic N) is 1. The summed E-state index contributed by atoms with van der Waals surface area (Å²) in [5, 5.41) is 2.90. The van der Waals surface area contributed by atoms with Gasteiger partial charge in [-0.05, 0) is 6.92 Å². The van der Waals surface area contributed by atoms with Gasteiger partial charge in [-0.25, -0.2) is 0 Å². The van der Waals surface area contributed by atoms with Crippen LogP contribution in [0.4, 0.5) is 0 Å². The number of rotatable bonds is 0. The van der Waals surface area contributed by atoms with Crippen LogP contribution in [0.2, 0.25) is 0 Å². The average Bonchev–Trinajstić information content (AvgIpc) is 1.98. The van der Waals surface area contributed by atoms with E-state index in [0.29, 0.717) is 5.82 Å². The first-order valence-electron chi connectivity index (χ1n) is 2.86. The van der Waals surface area contributed by atoms with Gasteiger partial charge in [0, 0.05) is 7.05 Å². The highest BCUT2D eigenvalue weighted by Crippen LogP contribution is 2.07. The summed E-state index contributed by atoms with van der Waals surface area (Å²) in [5.41, 5.74) is 0. The van der Waals surface area contributed by atoms with Crippen LogP contribution in [0, 0.1) is 0 Å². The minimum atomic E-state index is -0.0949. The first-order valence-corrected chi connectivity index (χ1v) is 2.86. The van der Waals surface area contributed by atoms with E-state index >= 15 is 0 Å². The number of nitrogens with one attached hydrogen (secondary N) is 1. The second kappa shape index (κ2) is 1.76. The molecule has 0 saturated carbocycles. The summed E-state index contributed by atoms with van der Waals surface area (Å²) in [6.45, 7) is 5.45. The van der Waals surface area contributed by atoms with Gasteiger partial charge in [0.25, 0.3) is 0 Å². The molecule has 3 nitrogen and oxygen atoms in total. The highest BCUT2D eigenvalue weighted by atomic mass is 16.2. The summed E-state index contributed by atoms with van der Waals surface area (Å²) < 4.78 is 0. The summed E-state index contributed by atoms with van der Waals surface area (Å²) in [5.74, 6) is 0.771. The number of hydrogen-bond donors (Lipinski definition) is 1. The van der Waals surface area contributed by atoms with E-state index in [1.807, 2.05) is 6.92 Å². The lowest BCUT2D eigenvalue weighted by Gasteiger charge is -2.05. The SMILES string of the molecule is C=C1NC(C)C(=O)N1C. The third-order valence-corrected chi connectivity index (χ3v) is 1.49. The molecular formula is C6H10N2O. The van der Waals surface area contributed by atoms with E-state index in [-0.39, 0.29) is 11.9 Å². The van der Waals surface area contributed by atoms with Crippen molar-refractivity contribution in [2.24, 2.45) is 0 Å². The fourth-order valence-corrected chi connectivity index (χ4v) is 0.832. The quantitative estimate of drug-likeness (QED) is 0.492. The minimum Gasteiger partial charge on any atom is -0.360 e. The highest BCUT2D eigenvalue weighted by molar-refractivity contribution is 5.85. The second-order valence-corrected chi connectivity index (χ2v) is 2.21. The predicted molar refractivity (Wildman–Crippen MR) is 34.5 cm³/mol. The smallest absolute Gasteiger partial charge is 0.250 e. The molecule has 1 aliphatic rings. The van der Waals surface area contributed by atoms with Crippen molar-refractivity contribution in [2.45, 2.75) is 13.0 Å². The average molecular weight is 126 g/mol. The van der Waals surface area contributed by atoms with Crippen molar-refractivity contribution in [3.63, 3.8) is 0 Å². The lowest BCUT2D eigenvalue weighted by Crippen LogP contribution is -2.24. The topological polar surface area (TPSA) is 32.3 Å². The van der Waals surface area contributed by atoms with Crippen molar-refractivity contribution in [1.29, 1.82) is 0 Å². The molecule has 9 heavy (non-hydrogen) atoms. The third-order valence-electron chi connectivity index (χ3n) is 1.49. The maximum Gasteiger partial charge on any atom is 0.250 e. The monoisotopic (exact) mass is 126 g/mol. The summed E-state index contributed by atoms with van der Waals surface area (Å²) >= 11 is 0. The van der Waals surface area contributed by atoms with Crippen molar-refractivity contribution >= 4 is 5.91 Å². The molecule has 1 N–H and O–H groups in total. The van der Waals surface area contributed by atoms with Crippen LogP contribution < -0.4 is 5.32 Å². The van der Waals surface area contributed by atoms with Crippen molar-refractivity contribution in [3.05, 3.63) is 12.4 Å². The van der Waals surface area contributed by atoms with Gasteiger partial charge >= 0.3 is 0 Å². The lowest BCUT2D eigenvalue weighted by molar-refractivity contribution is -0.126. The van der Waals surface area contributed by atoms with Gasteiger partial charge in [0.2, 0.25) is 5.91 Å². The van der Waals surface area contributed by atoms with Crippen molar-refractivity contribution in [1.82, 2.24) is 10.2 Å². The zero-order valence-corrected chi connectivity index (χ0v) is 5.64. The van der Waals surface area contributed by atoms with Crippen molar-refractivity contribution < 1.29 is 4.79 Å². The number of likely N-dealkylation sites (N-methyl/N-ethyl adjacent to an activating group) is 1. The van der Waals surface area contributed by atoms with E-state index in [1.165, 1.54) is 4.90 Å². The summed E-state index contributed by atoms with van der Waals surface area (Å²) in [6, 6.07) is -0.0949. The van der Waals surface area contributed by atoms with Crippen LogP contribution in [-0.4, -0.2) is 23.9 Å². The summed E-state index contributed by atoms with van der Waals surface area (Å²) in [4.78, 5) is 12.4. The molecule has 0 radical (unpaired) electrons. The second-order valence-electron chi connectivity index (χ2n) is 2.21. The minimum absolute atomic E-state index is 0.0833. The molecule has 1 atom stereocenters. The van der Waals surface area contributed by atoms with Crippen molar-refractivity contribution in [3.8, 4) is 0 Å². The molecule has 0 aromatic rings. The van der Waals surface area contributed by atoms with Crippen LogP contribution in [-0.2, 0) is 4.79 Å². The number of hydrogen-bond acceptors (Lipinski definition) is 2. The first kappa shape index (κ1) is 6.13. The van der Waals surface area contributed by atoms with Crippen LogP contribution in [0.1, 0.15) is 6.92 Å². The Labute approximate surface area is 54.3 Å². The number of carbonyl (C=O) groups is 1. The standard InChI is InChI=1S/C6H10N2O/c1-4-6(9)8(3)5(2)7-4/h4,7H,2H2,1,3H3. The van der Waals surface area contributed by atoms with Gasteiger partial charge in [0.05, 0.1) is 0 Å². The summed E-state index contributed by atoms with van der Waals surface area (Å²) in [6.07, 6.45) is 0. The molecule has 3 heteroatoms. The maximum absolute atomic E-state index is 10.9. The molecule has 50 valence electrons. The van der Waals surface area contributed by atoms with Crippen LogP contribution in [0.5, 0.6) is 0 Å².